The van der Waals surface area contributed by atoms with Crippen molar-refractivity contribution in [2.24, 2.45) is 4.99 Å². The molecule has 0 heterocycles. The molecular weight excluding hydrogens is 226 g/mol. The van der Waals surface area contributed by atoms with Crippen LogP contribution in [-0.2, 0) is 14.6 Å². The van der Waals surface area contributed by atoms with Crippen molar-refractivity contribution in [2.45, 2.75) is 18.7 Å². The van der Waals surface area contributed by atoms with E-state index in [4.69, 9.17) is 4.74 Å². The van der Waals surface area contributed by atoms with Crippen LogP contribution in [0.4, 0.5) is 0 Å². The van der Waals surface area contributed by atoms with Crippen LogP contribution in [0.5, 0.6) is 0 Å². The number of hydrogen-bond acceptors (Lipinski definition) is 4. The molecule has 0 aliphatic rings. The molecule has 1 aromatic carbocycles. The molecule has 0 saturated carbocycles. The highest BCUT2D eigenvalue weighted by Gasteiger charge is 2.13. The first kappa shape index (κ1) is 12.7. The molecular formula is C11H15NO3S. The third-order valence-electron chi connectivity index (χ3n) is 2.13. The maximum Gasteiger partial charge on any atom is 0.198 e. The summed E-state index contributed by atoms with van der Waals surface area (Å²) < 4.78 is 28.4. The fourth-order valence-electron chi connectivity index (χ4n) is 1.06. The first-order chi connectivity index (χ1) is 7.45. The Bertz CT molecular complexity index is 474. The van der Waals surface area contributed by atoms with E-state index in [0.29, 0.717) is 5.90 Å². The van der Waals surface area contributed by atoms with Crippen LogP contribution in [0, 0.1) is 6.92 Å². The summed E-state index contributed by atoms with van der Waals surface area (Å²) in [5.41, 5.74) is 1.02. The summed E-state index contributed by atoms with van der Waals surface area (Å²) in [6, 6.07) is 6.70. The van der Waals surface area contributed by atoms with Crippen LogP contribution in [0.2, 0.25) is 0 Å². The Balaban J connectivity index is 2.91. The van der Waals surface area contributed by atoms with Crippen LogP contribution < -0.4 is 0 Å². The zero-order valence-electron chi connectivity index (χ0n) is 9.60. The van der Waals surface area contributed by atoms with Crippen molar-refractivity contribution in [3.63, 3.8) is 0 Å². The van der Waals surface area contributed by atoms with Gasteiger partial charge in [0, 0.05) is 6.92 Å². The van der Waals surface area contributed by atoms with E-state index in [2.05, 4.69) is 4.99 Å². The number of benzene rings is 1. The predicted molar refractivity (Wildman–Crippen MR) is 63.3 cm³/mol. The number of hydrogen-bond donors (Lipinski definition) is 0. The largest absolute Gasteiger partial charge is 0.484 e. The smallest absolute Gasteiger partial charge is 0.198 e. The summed E-state index contributed by atoms with van der Waals surface area (Å²) in [5.74, 6) is 0.0751. The van der Waals surface area contributed by atoms with Crippen molar-refractivity contribution >= 4 is 15.7 Å². The minimum atomic E-state index is -3.35. The van der Waals surface area contributed by atoms with E-state index in [1.807, 2.05) is 6.92 Å². The highest BCUT2D eigenvalue weighted by atomic mass is 32.2. The van der Waals surface area contributed by atoms with Crippen molar-refractivity contribution in [1.29, 1.82) is 0 Å². The number of aliphatic imine (C=N–C) groups is 1. The summed E-state index contributed by atoms with van der Waals surface area (Å²) >= 11 is 0. The Labute approximate surface area is 95.9 Å². The second-order valence-electron chi connectivity index (χ2n) is 3.44. The second-order valence-corrected chi connectivity index (χ2v) is 5.40. The Morgan fingerprint density at radius 3 is 2.38 bits per heavy atom. The third-order valence-corrected chi connectivity index (χ3v) is 3.59. The monoisotopic (exact) mass is 241 g/mol. The van der Waals surface area contributed by atoms with Crippen molar-refractivity contribution in [3.05, 3.63) is 29.8 Å². The Morgan fingerprint density at radius 1 is 1.31 bits per heavy atom. The quantitative estimate of drug-likeness (QED) is 0.599. The van der Waals surface area contributed by atoms with Gasteiger partial charge in [-0.15, -0.1) is 0 Å². The summed E-state index contributed by atoms with van der Waals surface area (Å²) in [6.07, 6.45) is 0. The van der Waals surface area contributed by atoms with Gasteiger partial charge in [-0.25, -0.2) is 13.4 Å². The fraction of sp³-hybridized carbons (Fsp3) is 0.364. The van der Waals surface area contributed by atoms with Gasteiger partial charge in [-0.05, 0) is 19.1 Å². The van der Waals surface area contributed by atoms with E-state index in [-0.39, 0.29) is 10.8 Å². The minimum absolute atomic E-state index is 0.282. The van der Waals surface area contributed by atoms with Crippen LogP contribution in [0.3, 0.4) is 0 Å². The number of ether oxygens (including phenoxy) is 1. The molecule has 0 radical (unpaired) electrons. The van der Waals surface area contributed by atoms with Crippen molar-refractivity contribution in [1.82, 2.24) is 0 Å². The van der Waals surface area contributed by atoms with E-state index in [1.54, 1.807) is 31.2 Å². The lowest BCUT2D eigenvalue weighted by Crippen LogP contribution is -2.07. The molecule has 0 saturated heterocycles. The van der Waals surface area contributed by atoms with Crippen molar-refractivity contribution in [3.8, 4) is 0 Å². The highest BCUT2D eigenvalue weighted by molar-refractivity contribution is 7.91. The molecule has 16 heavy (non-hydrogen) atoms. The van der Waals surface area contributed by atoms with Crippen LogP contribution in [0.1, 0.15) is 12.5 Å². The number of nitrogens with zero attached hydrogens (tertiary/aromatic N) is 1. The first-order valence-electron chi connectivity index (χ1n) is 4.80. The molecule has 0 spiro atoms. The fourth-order valence-corrected chi connectivity index (χ4v) is 2.11. The Morgan fingerprint density at radius 2 is 1.88 bits per heavy atom. The number of aryl methyl sites for hydroxylation is 1. The maximum absolute atomic E-state index is 11.8. The van der Waals surface area contributed by atoms with Gasteiger partial charge in [0.05, 0.1) is 12.0 Å². The maximum atomic E-state index is 11.8. The molecule has 5 heteroatoms. The molecule has 0 N–H and O–H groups in total. The first-order valence-corrected chi connectivity index (χ1v) is 6.45. The van der Waals surface area contributed by atoms with Gasteiger partial charge in [-0.3, -0.25) is 0 Å². The van der Waals surface area contributed by atoms with E-state index >= 15 is 0 Å². The average molecular weight is 241 g/mol. The molecule has 0 aliphatic carbocycles. The molecule has 0 unspecified atom stereocenters. The van der Waals surface area contributed by atoms with Gasteiger partial charge in [-0.1, -0.05) is 17.7 Å². The average Bonchev–Trinajstić information content (AvgIpc) is 2.26. The van der Waals surface area contributed by atoms with Crippen molar-refractivity contribution < 1.29 is 13.2 Å². The van der Waals surface area contributed by atoms with Crippen LogP contribution in [-0.4, -0.2) is 27.3 Å². The van der Waals surface area contributed by atoms with Gasteiger partial charge < -0.3 is 4.74 Å². The molecule has 4 nitrogen and oxygen atoms in total. The topological polar surface area (TPSA) is 55.7 Å². The summed E-state index contributed by atoms with van der Waals surface area (Å²) in [4.78, 5) is 4.10. The van der Waals surface area contributed by atoms with Gasteiger partial charge in [0.15, 0.2) is 15.7 Å². The summed E-state index contributed by atoms with van der Waals surface area (Å²) in [6.45, 7) is 3.52. The summed E-state index contributed by atoms with van der Waals surface area (Å²) in [5, 5.41) is 0. The second kappa shape index (κ2) is 5.12. The molecule has 0 amide bonds. The molecule has 1 aromatic rings. The molecule has 0 atom stereocenters. The molecule has 0 aliphatic heterocycles. The molecule has 0 fully saturated rings. The lowest BCUT2D eigenvalue weighted by molar-refractivity contribution is 0.398. The standard InChI is InChI=1S/C11H15NO3S/c1-9-4-6-11(7-5-9)16(13,14)8-12-10(2)15-3/h4-7H,8H2,1-3H3. The molecule has 0 bridgehead atoms. The van der Waals surface area contributed by atoms with Gasteiger partial charge >= 0.3 is 0 Å². The zero-order chi connectivity index (χ0) is 12.2. The lowest BCUT2D eigenvalue weighted by Gasteiger charge is -2.02. The van der Waals surface area contributed by atoms with Crippen molar-refractivity contribution in [2.75, 3.05) is 13.0 Å². The van der Waals surface area contributed by atoms with Crippen LogP contribution in [0.25, 0.3) is 0 Å². The number of sulfone groups is 1. The predicted octanol–water partition coefficient (Wildman–Crippen LogP) is 1.79. The van der Waals surface area contributed by atoms with E-state index in [0.717, 1.165) is 5.56 Å². The zero-order valence-corrected chi connectivity index (χ0v) is 10.4. The number of methoxy groups -OCH3 is 1. The lowest BCUT2D eigenvalue weighted by atomic mass is 10.2. The van der Waals surface area contributed by atoms with E-state index < -0.39 is 9.84 Å². The van der Waals surface area contributed by atoms with Gasteiger partial charge in [0.1, 0.15) is 5.88 Å². The normalized spacial score (nSPS) is 12.6. The Kier molecular flexibility index (Phi) is 4.06. The van der Waals surface area contributed by atoms with Gasteiger partial charge in [0.2, 0.25) is 0 Å². The van der Waals surface area contributed by atoms with Gasteiger partial charge in [0.25, 0.3) is 0 Å². The third kappa shape index (κ3) is 3.34. The van der Waals surface area contributed by atoms with Crippen LogP contribution in [0.15, 0.2) is 34.2 Å². The molecule has 88 valence electrons. The summed E-state index contributed by atoms with van der Waals surface area (Å²) in [7, 11) is -1.89. The van der Waals surface area contributed by atoms with Crippen LogP contribution >= 0.6 is 0 Å². The molecule has 0 aromatic heterocycles. The molecule has 1 rings (SSSR count). The van der Waals surface area contributed by atoms with Gasteiger partial charge in [-0.2, -0.15) is 0 Å². The van der Waals surface area contributed by atoms with E-state index in [1.165, 1.54) is 7.11 Å². The minimum Gasteiger partial charge on any atom is -0.484 e. The number of rotatable bonds is 3. The Hall–Kier alpha value is -1.36. The SMILES string of the molecule is COC(C)=NCS(=O)(=O)c1ccc(C)cc1. The van der Waals surface area contributed by atoms with E-state index in [9.17, 15) is 8.42 Å². The highest BCUT2D eigenvalue weighted by Crippen LogP contribution is 2.12.